The van der Waals surface area contributed by atoms with Gasteiger partial charge in [-0.2, -0.15) is 0 Å². The van der Waals surface area contributed by atoms with Crippen molar-refractivity contribution < 1.29 is 0 Å². The molecule has 0 bridgehead atoms. The van der Waals surface area contributed by atoms with Crippen LogP contribution in [0.3, 0.4) is 0 Å². The molecule has 68 valence electrons. The molecule has 4 unspecified atom stereocenters. The van der Waals surface area contributed by atoms with Crippen LogP contribution in [0.1, 0.15) is 27.7 Å². The van der Waals surface area contributed by atoms with Crippen LogP contribution in [-0.2, 0) is 0 Å². The molecule has 0 aromatic heterocycles. The van der Waals surface area contributed by atoms with Crippen molar-refractivity contribution in [2.75, 3.05) is 0 Å². The number of nitrogens with one attached hydrogen (secondary N) is 1. The van der Waals surface area contributed by atoms with Gasteiger partial charge in [0.2, 0.25) is 0 Å². The molecule has 0 fully saturated rings. The minimum absolute atomic E-state index is 0.177. The molecule has 0 aromatic rings. The van der Waals surface area contributed by atoms with Crippen molar-refractivity contribution in [3.63, 3.8) is 0 Å². The van der Waals surface area contributed by atoms with Gasteiger partial charge in [0.15, 0.2) is 0 Å². The van der Waals surface area contributed by atoms with Gasteiger partial charge in [-0.25, -0.2) is 0 Å². The van der Waals surface area contributed by atoms with Crippen LogP contribution in [-0.4, -0.2) is 24.2 Å². The van der Waals surface area contributed by atoms with Crippen molar-refractivity contribution in [3.8, 4) is 0 Å². The highest BCUT2D eigenvalue weighted by molar-refractivity contribution is 4.78. The van der Waals surface area contributed by atoms with Crippen LogP contribution >= 0.6 is 0 Å². The molecule has 0 saturated heterocycles. The van der Waals surface area contributed by atoms with Crippen LogP contribution in [0, 0.1) is 0 Å². The Morgan fingerprint density at radius 1 is 0.818 bits per heavy atom. The van der Waals surface area contributed by atoms with Gasteiger partial charge in [-0.15, -0.1) is 0 Å². The number of rotatable bonds is 4. The molecular weight excluding hydrogens is 138 g/mol. The molecular formula is C8H21N3. The fourth-order valence-electron chi connectivity index (χ4n) is 0.718. The Balaban J connectivity index is 3.66. The second-order valence-corrected chi connectivity index (χ2v) is 3.46. The molecule has 0 aromatic carbocycles. The summed E-state index contributed by atoms with van der Waals surface area (Å²) in [5.41, 5.74) is 11.4. The number of nitrogens with two attached hydrogens (primary N) is 2. The molecule has 0 saturated carbocycles. The summed E-state index contributed by atoms with van der Waals surface area (Å²) < 4.78 is 0. The lowest BCUT2D eigenvalue weighted by molar-refractivity contribution is 0.390. The van der Waals surface area contributed by atoms with Gasteiger partial charge in [0, 0.05) is 24.2 Å². The maximum absolute atomic E-state index is 5.68. The average Bonchev–Trinajstić information content (AvgIpc) is 1.87. The van der Waals surface area contributed by atoms with Gasteiger partial charge in [-0.05, 0) is 27.7 Å². The Labute approximate surface area is 69.5 Å². The fraction of sp³-hybridized carbons (Fsp3) is 1.00. The van der Waals surface area contributed by atoms with Crippen molar-refractivity contribution in [3.05, 3.63) is 0 Å². The highest BCUT2D eigenvalue weighted by Crippen LogP contribution is 1.93. The smallest absolute Gasteiger partial charge is 0.0191 e. The van der Waals surface area contributed by atoms with E-state index in [2.05, 4.69) is 19.2 Å². The first-order valence-corrected chi connectivity index (χ1v) is 4.22. The zero-order valence-electron chi connectivity index (χ0n) is 7.96. The summed E-state index contributed by atoms with van der Waals surface area (Å²) >= 11 is 0. The lowest BCUT2D eigenvalue weighted by atomic mass is 10.1. The first kappa shape index (κ1) is 10.9. The normalized spacial score (nSPS) is 22.4. The summed E-state index contributed by atoms with van der Waals surface area (Å²) in [5, 5.41) is 3.33. The minimum atomic E-state index is 0.177. The molecule has 0 aliphatic heterocycles. The molecule has 0 rings (SSSR count). The summed E-state index contributed by atoms with van der Waals surface area (Å²) in [6.45, 7) is 8.13. The fourth-order valence-corrected chi connectivity index (χ4v) is 0.718. The second-order valence-electron chi connectivity index (χ2n) is 3.46. The number of hydrogen-bond acceptors (Lipinski definition) is 3. The van der Waals surface area contributed by atoms with Crippen molar-refractivity contribution in [1.29, 1.82) is 0 Å². The Morgan fingerprint density at radius 2 is 1.09 bits per heavy atom. The van der Waals surface area contributed by atoms with E-state index in [-0.39, 0.29) is 12.1 Å². The monoisotopic (exact) mass is 159 g/mol. The molecule has 3 heteroatoms. The summed E-state index contributed by atoms with van der Waals surface area (Å²) in [6.07, 6.45) is 0. The lowest BCUT2D eigenvalue weighted by Gasteiger charge is -2.24. The largest absolute Gasteiger partial charge is 0.327 e. The highest BCUT2D eigenvalue weighted by atomic mass is 15.0. The van der Waals surface area contributed by atoms with Crippen LogP contribution in [0.5, 0.6) is 0 Å². The van der Waals surface area contributed by atoms with Crippen molar-refractivity contribution in [2.45, 2.75) is 51.9 Å². The molecule has 3 nitrogen and oxygen atoms in total. The molecule has 0 spiro atoms. The zero-order chi connectivity index (χ0) is 9.02. The van der Waals surface area contributed by atoms with E-state index in [1.165, 1.54) is 0 Å². The van der Waals surface area contributed by atoms with E-state index < -0.39 is 0 Å². The third kappa shape index (κ3) is 4.35. The topological polar surface area (TPSA) is 64.1 Å². The van der Waals surface area contributed by atoms with Gasteiger partial charge in [0.25, 0.3) is 0 Å². The van der Waals surface area contributed by atoms with E-state index in [4.69, 9.17) is 11.5 Å². The van der Waals surface area contributed by atoms with Crippen LogP contribution in [0.15, 0.2) is 0 Å². The quantitative estimate of drug-likeness (QED) is 0.543. The molecule has 0 radical (unpaired) electrons. The van der Waals surface area contributed by atoms with E-state index in [0.29, 0.717) is 12.1 Å². The van der Waals surface area contributed by atoms with E-state index in [1.54, 1.807) is 0 Å². The average molecular weight is 159 g/mol. The van der Waals surface area contributed by atoms with Gasteiger partial charge in [0.05, 0.1) is 0 Å². The standard InChI is InChI=1S/C8H21N3/c1-5(9)7(3)11-8(4)6(2)10/h5-8,11H,9-10H2,1-4H3. The Morgan fingerprint density at radius 3 is 1.27 bits per heavy atom. The molecule has 0 aliphatic rings. The van der Waals surface area contributed by atoms with Crippen molar-refractivity contribution in [2.24, 2.45) is 11.5 Å². The highest BCUT2D eigenvalue weighted by Gasteiger charge is 2.12. The van der Waals surface area contributed by atoms with Gasteiger partial charge in [-0.1, -0.05) is 0 Å². The van der Waals surface area contributed by atoms with E-state index >= 15 is 0 Å². The molecule has 0 amide bonds. The van der Waals surface area contributed by atoms with Crippen molar-refractivity contribution >= 4 is 0 Å². The van der Waals surface area contributed by atoms with E-state index in [1.807, 2.05) is 13.8 Å². The molecule has 11 heavy (non-hydrogen) atoms. The molecule has 0 heterocycles. The molecule has 5 N–H and O–H groups in total. The maximum atomic E-state index is 5.68. The number of hydrogen-bond donors (Lipinski definition) is 3. The molecule has 0 aliphatic carbocycles. The first-order chi connectivity index (χ1) is 4.95. The van der Waals surface area contributed by atoms with Crippen molar-refractivity contribution in [1.82, 2.24) is 5.32 Å². The SMILES string of the molecule is CC(N)C(C)NC(C)C(C)N. The predicted octanol–water partition coefficient (Wildman–Crippen LogP) is 0.0474. The summed E-state index contributed by atoms with van der Waals surface area (Å²) in [6, 6.07) is 1.01. The summed E-state index contributed by atoms with van der Waals surface area (Å²) in [7, 11) is 0. The second kappa shape index (κ2) is 4.70. The Hall–Kier alpha value is -0.120. The van der Waals surface area contributed by atoms with Crippen LogP contribution in [0.2, 0.25) is 0 Å². The lowest BCUT2D eigenvalue weighted by Crippen LogP contribution is -2.50. The van der Waals surface area contributed by atoms with E-state index in [9.17, 15) is 0 Å². The van der Waals surface area contributed by atoms with E-state index in [0.717, 1.165) is 0 Å². The first-order valence-electron chi connectivity index (χ1n) is 4.22. The Bertz CT molecular complexity index is 89.5. The third-order valence-electron chi connectivity index (χ3n) is 2.10. The third-order valence-corrected chi connectivity index (χ3v) is 2.10. The predicted molar refractivity (Wildman–Crippen MR) is 49.4 cm³/mol. The summed E-state index contributed by atoms with van der Waals surface area (Å²) in [5.74, 6) is 0. The van der Waals surface area contributed by atoms with Gasteiger partial charge < -0.3 is 16.8 Å². The van der Waals surface area contributed by atoms with Crippen LogP contribution in [0.4, 0.5) is 0 Å². The van der Waals surface area contributed by atoms with Crippen LogP contribution in [0.25, 0.3) is 0 Å². The van der Waals surface area contributed by atoms with Crippen LogP contribution < -0.4 is 16.8 Å². The van der Waals surface area contributed by atoms with Gasteiger partial charge in [-0.3, -0.25) is 0 Å². The molecule has 4 atom stereocenters. The van der Waals surface area contributed by atoms with Gasteiger partial charge >= 0.3 is 0 Å². The summed E-state index contributed by atoms with van der Waals surface area (Å²) in [4.78, 5) is 0. The minimum Gasteiger partial charge on any atom is -0.327 e. The van der Waals surface area contributed by atoms with Gasteiger partial charge in [0.1, 0.15) is 0 Å². The Kier molecular flexibility index (Phi) is 4.65. The zero-order valence-corrected chi connectivity index (χ0v) is 7.96. The maximum Gasteiger partial charge on any atom is 0.0191 e.